The minimum Gasteiger partial charge on any atom is -0.493 e. The summed E-state index contributed by atoms with van der Waals surface area (Å²) in [5, 5.41) is 4.03. The number of carbonyl (C=O) groups is 2. The zero-order valence-corrected chi connectivity index (χ0v) is 21.9. The van der Waals surface area contributed by atoms with E-state index in [1.807, 2.05) is 19.9 Å². The van der Waals surface area contributed by atoms with Crippen LogP contribution in [-0.4, -0.2) is 42.8 Å². The van der Waals surface area contributed by atoms with Crippen molar-refractivity contribution < 1.29 is 28.5 Å². The zero-order chi connectivity index (χ0) is 26.5. The van der Waals surface area contributed by atoms with Crippen molar-refractivity contribution >= 4 is 22.6 Å². The van der Waals surface area contributed by atoms with Crippen LogP contribution in [0.5, 0.6) is 17.2 Å². The van der Waals surface area contributed by atoms with Crippen molar-refractivity contribution in [1.29, 1.82) is 0 Å². The van der Waals surface area contributed by atoms with Crippen LogP contribution in [-0.2, 0) is 11.3 Å². The summed E-state index contributed by atoms with van der Waals surface area (Å²) in [5.41, 5.74) is 0.790. The number of amides is 1. The summed E-state index contributed by atoms with van der Waals surface area (Å²) in [4.78, 5) is 30.3. The molecule has 0 aliphatic rings. The molecule has 0 aliphatic carbocycles. The highest BCUT2D eigenvalue weighted by atomic mass is 16.6. The Morgan fingerprint density at radius 2 is 1.69 bits per heavy atom. The molecule has 3 aromatic rings. The van der Waals surface area contributed by atoms with E-state index in [1.165, 1.54) is 7.11 Å². The SMILES string of the molecule is CCC(C)Oc1cccc(C(=O)c2ncc(CNC(=O)OC(C)(C)C)c3cc(OC)c(OC)cc23)c1. The van der Waals surface area contributed by atoms with Gasteiger partial charge in [0.15, 0.2) is 11.5 Å². The first-order valence-corrected chi connectivity index (χ1v) is 11.9. The van der Waals surface area contributed by atoms with Gasteiger partial charge in [-0.15, -0.1) is 0 Å². The minimum absolute atomic E-state index is 0.0304. The number of hydrogen-bond acceptors (Lipinski definition) is 7. The maximum atomic E-state index is 13.6. The van der Waals surface area contributed by atoms with Crippen LogP contribution in [0.3, 0.4) is 0 Å². The van der Waals surface area contributed by atoms with E-state index in [2.05, 4.69) is 10.3 Å². The molecular formula is C28H34N2O6. The Morgan fingerprint density at radius 3 is 2.31 bits per heavy atom. The van der Waals surface area contributed by atoms with Crippen LogP contribution in [0.4, 0.5) is 4.79 Å². The lowest BCUT2D eigenvalue weighted by Crippen LogP contribution is -2.32. The highest BCUT2D eigenvalue weighted by molar-refractivity contribution is 6.15. The third-order valence-electron chi connectivity index (χ3n) is 5.52. The van der Waals surface area contributed by atoms with Crippen LogP contribution in [0.2, 0.25) is 0 Å². The van der Waals surface area contributed by atoms with Crippen LogP contribution >= 0.6 is 0 Å². The standard InChI is InChI=1S/C28H34N2O6/c1-8-17(2)35-20-11-9-10-18(12-20)26(31)25-22-14-24(34-7)23(33-6)13-21(22)19(15-29-25)16-30-27(32)36-28(3,4)5/h9-15,17H,8,16H2,1-7H3,(H,30,32). The second-order valence-electron chi connectivity index (χ2n) is 9.43. The van der Waals surface area contributed by atoms with E-state index >= 15 is 0 Å². The summed E-state index contributed by atoms with van der Waals surface area (Å²) >= 11 is 0. The molecule has 1 amide bonds. The van der Waals surface area contributed by atoms with Crippen molar-refractivity contribution in [3.05, 3.63) is 59.4 Å². The van der Waals surface area contributed by atoms with Crippen molar-refractivity contribution in [2.75, 3.05) is 14.2 Å². The third kappa shape index (κ3) is 6.44. The number of nitrogens with zero attached hydrogens (tertiary/aromatic N) is 1. The van der Waals surface area contributed by atoms with Gasteiger partial charge in [-0.25, -0.2) is 4.79 Å². The molecule has 3 rings (SSSR count). The molecule has 0 aliphatic heterocycles. The van der Waals surface area contributed by atoms with Crippen molar-refractivity contribution in [2.24, 2.45) is 0 Å². The Kier molecular flexibility index (Phi) is 8.40. The van der Waals surface area contributed by atoms with Gasteiger partial charge in [-0.2, -0.15) is 0 Å². The van der Waals surface area contributed by atoms with E-state index < -0.39 is 11.7 Å². The number of aromatic nitrogens is 1. The van der Waals surface area contributed by atoms with Crippen LogP contribution < -0.4 is 19.5 Å². The lowest BCUT2D eigenvalue weighted by molar-refractivity contribution is 0.0523. The number of pyridine rings is 1. The van der Waals surface area contributed by atoms with Crippen LogP contribution in [0, 0.1) is 0 Å². The quantitative estimate of drug-likeness (QED) is 0.382. The molecular weight excluding hydrogens is 460 g/mol. The van der Waals surface area contributed by atoms with Gasteiger partial charge in [0.25, 0.3) is 0 Å². The largest absolute Gasteiger partial charge is 0.493 e. The molecule has 0 saturated carbocycles. The molecule has 1 atom stereocenters. The molecule has 1 aromatic heterocycles. The Bertz CT molecular complexity index is 1250. The Hall–Kier alpha value is -3.81. The maximum Gasteiger partial charge on any atom is 0.407 e. The Labute approximate surface area is 211 Å². The fraction of sp³-hybridized carbons (Fsp3) is 0.393. The number of methoxy groups -OCH3 is 2. The summed E-state index contributed by atoms with van der Waals surface area (Å²) in [6.07, 6.45) is 1.92. The van der Waals surface area contributed by atoms with E-state index in [4.69, 9.17) is 18.9 Å². The lowest BCUT2D eigenvalue weighted by Gasteiger charge is -2.20. The first-order chi connectivity index (χ1) is 17.1. The lowest BCUT2D eigenvalue weighted by atomic mass is 9.99. The van der Waals surface area contributed by atoms with E-state index in [-0.39, 0.29) is 24.1 Å². The smallest absolute Gasteiger partial charge is 0.407 e. The molecule has 8 nitrogen and oxygen atoms in total. The van der Waals surface area contributed by atoms with E-state index in [9.17, 15) is 9.59 Å². The fourth-order valence-electron chi connectivity index (χ4n) is 3.59. The summed E-state index contributed by atoms with van der Waals surface area (Å²) in [5.74, 6) is 1.33. The molecule has 1 N–H and O–H groups in total. The number of benzene rings is 2. The van der Waals surface area contributed by atoms with Crippen molar-refractivity contribution in [2.45, 2.75) is 59.3 Å². The van der Waals surface area contributed by atoms with Gasteiger partial charge in [-0.3, -0.25) is 9.78 Å². The van der Waals surface area contributed by atoms with Gasteiger partial charge in [0.2, 0.25) is 5.78 Å². The predicted molar refractivity (Wildman–Crippen MR) is 138 cm³/mol. The molecule has 0 saturated heterocycles. The molecule has 1 unspecified atom stereocenters. The van der Waals surface area contributed by atoms with Crippen molar-refractivity contribution in [1.82, 2.24) is 10.3 Å². The predicted octanol–water partition coefficient (Wildman–Crippen LogP) is 5.69. The van der Waals surface area contributed by atoms with Gasteiger partial charge in [-0.1, -0.05) is 19.1 Å². The average molecular weight is 495 g/mol. The summed E-state index contributed by atoms with van der Waals surface area (Å²) in [7, 11) is 3.07. The number of fused-ring (bicyclic) bond motifs is 1. The van der Waals surface area contributed by atoms with Crippen LogP contribution in [0.15, 0.2) is 42.6 Å². The van der Waals surface area contributed by atoms with Gasteiger partial charge < -0.3 is 24.3 Å². The summed E-state index contributed by atoms with van der Waals surface area (Å²) in [6.45, 7) is 9.56. The molecule has 0 spiro atoms. The second-order valence-corrected chi connectivity index (χ2v) is 9.43. The highest BCUT2D eigenvalue weighted by Gasteiger charge is 2.21. The zero-order valence-electron chi connectivity index (χ0n) is 21.9. The number of nitrogens with one attached hydrogen (secondary N) is 1. The molecule has 1 heterocycles. The van der Waals surface area contributed by atoms with Crippen LogP contribution in [0.1, 0.15) is 62.7 Å². The number of rotatable bonds is 9. The van der Waals surface area contributed by atoms with Gasteiger partial charge in [0.1, 0.15) is 17.0 Å². The average Bonchev–Trinajstić information content (AvgIpc) is 2.84. The molecule has 0 radical (unpaired) electrons. The number of carbonyl (C=O) groups excluding carboxylic acids is 2. The van der Waals surface area contributed by atoms with Gasteiger partial charge >= 0.3 is 6.09 Å². The summed E-state index contributed by atoms with van der Waals surface area (Å²) < 4.78 is 22.2. The monoisotopic (exact) mass is 494 g/mol. The normalized spacial score (nSPS) is 12.1. The third-order valence-corrected chi connectivity index (χ3v) is 5.52. The second kappa shape index (κ2) is 11.3. The Balaban J connectivity index is 2.04. The molecule has 192 valence electrons. The highest BCUT2D eigenvalue weighted by Crippen LogP contribution is 2.35. The first kappa shape index (κ1) is 26.8. The summed E-state index contributed by atoms with van der Waals surface area (Å²) in [6, 6.07) is 10.6. The molecule has 0 fully saturated rings. The topological polar surface area (TPSA) is 96.0 Å². The van der Waals surface area contributed by atoms with Gasteiger partial charge in [-0.05, 0) is 69.3 Å². The maximum absolute atomic E-state index is 13.6. The number of alkyl carbamates (subject to hydrolysis) is 1. The minimum atomic E-state index is -0.621. The molecule has 2 aromatic carbocycles. The fourth-order valence-corrected chi connectivity index (χ4v) is 3.59. The van der Waals surface area contributed by atoms with Crippen LogP contribution in [0.25, 0.3) is 10.8 Å². The van der Waals surface area contributed by atoms with Crippen molar-refractivity contribution in [3.63, 3.8) is 0 Å². The van der Waals surface area contributed by atoms with E-state index in [0.29, 0.717) is 39.1 Å². The van der Waals surface area contributed by atoms with Crippen molar-refractivity contribution in [3.8, 4) is 17.2 Å². The number of ketones is 1. The van der Waals surface area contributed by atoms with E-state index in [0.717, 1.165) is 6.42 Å². The van der Waals surface area contributed by atoms with Gasteiger partial charge in [0, 0.05) is 23.7 Å². The molecule has 8 heteroatoms. The molecule has 36 heavy (non-hydrogen) atoms. The Morgan fingerprint density at radius 1 is 1.03 bits per heavy atom. The van der Waals surface area contributed by atoms with Gasteiger partial charge in [0.05, 0.1) is 20.3 Å². The number of ether oxygens (including phenoxy) is 4. The van der Waals surface area contributed by atoms with E-state index in [1.54, 1.807) is 64.4 Å². The molecule has 0 bridgehead atoms. The first-order valence-electron chi connectivity index (χ1n) is 11.9. The number of hydrogen-bond donors (Lipinski definition) is 1.